The van der Waals surface area contributed by atoms with Crippen molar-refractivity contribution < 1.29 is 4.79 Å². The van der Waals surface area contributed by atoms with Crippen LogP contribution in [0.2, 0.25) is 0 Å². The Morgan fingerprint density at radius 1 is 1.35 bits per heavy atom. The van der Waals surface area contributed by atoms with Crippen molar-refractivity contribution in [1.29, 1.82) is 0 Å². The van der Waals surface area contributed by atoms with Gasteiger partial charge < -0.3 is 10.6 Å². The van der Waals surface area contributed by atoms with Gasteiger partial charge in [-0.1, -0.05) is 30.3 Å². The Morgan fingerprint density at radius 3 is 2.88 bits per heavy atom. The lowest BCUT2D eigenvalue weighted by molar-refractivity contribution is -0.121. The summed E-state index contributed by atoms with van der Waals surface area (Å²) in [5.74, 6) is 0.169. The van der Waals surface area contributed by atoms with Gasteiger partial charge in [-0.2, -0.15) is 0 Å². The summed E-state index contributed by atoms with van der Waals surface area (Å²) in [6.07, 6.45) is 3.67. The summed E-state index contributed by atoms with van der Waals surface area (Å²) >= 11 is 0. The van der Waals surface area contributed by atoms with Crippen molar-refractivity contribution in [3.05, 3.63) is 35.9 Å². The van der Waals surface area contributed by atoms with E-state index in [1.54, 1.807) is 0 Å². The summed E-state index contributed by atoms with van der Waals surface area (Å²) in [6.45, 7) is 1.99. The van der Waals surface area contributed by atoms with Crippen LogP contribution >= 0.6 is 0 Å². The summed E-state index contributed by atoms with van der Waals surface area (Å²) in [6, 6.07) is 10.5. The van der Waals surface area contributed by atoms with Crippen LogP contribution in [0.1, 0.15) is 24.8 Å². The topological polar surface area (TPSA) is 41.1 Å². The Morgan fingerprint density at radius 2 is 2.18 bits per heavy atom. The molecular weight excluding hydrogens is 212 g/mol. The van der Waals surface area contributed by atoms with Gasteiger partial charge in [0.15, 0.2) is 0 Å². The summed E-state index contributed by atoms with van der Waals surface area (Å²) in [7, 11) is 0. The fourth-order valence-electron chi connectivity index (χ4n) is 2.18. The number of carbonyl (C=O) groups excluding carboxylic acids is 1. The average Bonchev–Trinajstić information content (AvgIpc) is 2.39. The minimum Gasteiger partial charge on any atom is -0.352 e. The molecule has 1 saturated heterocycles. The van der Waals surface area contributed by atoms with Crippen LogP contribution in [0.3, 0.4) is 0 Å². The number of rotatable bonds is 4. The summed E-state index contributed by atoms with van der Waals surface area (Å²) in [5.41, 5.74) is 1.23. The van der Waals surface area contributed by atoms with E-state index in [9.17, 15) is 4.79 Å². The maximum atomic E-state index is 11.7. The third-order valence-electron chi connectivity index (χ3n) is 3.15. The molecule has 0 bridgehead atoms. The second kappa shape index (κ2) is 6.40. The molecule has 0 aliphatic carbocycles. The van der Waals surface area contributed by atoms with E-state index in [1.165, 1.54) is 5.56 Å². The molecule has 2 N–H and O–H groups in total. The van der Waals surface area contributed by atoms with Gasteiger partial charge in [-0.25, -0.2) is 0 Å². The summed E-state index contributed by atoms with van der Waals surface area (Å²) in [4.78, 5) is 11.7. The molecule has 17 heavy (non-hydrogen) atoms. The molecule has 1 aromatic carbocycles. The molecule has 1 heterocycles. The number of amides is 1. The van der Waals surface area contributed by atoms with Crippen molar-refractivity contribution in [3.63, 3.8) is 0 Å². The van der Waals surface area contributed by atoms with E-state index in [2.05, 4.69) is 22.8 Å². The van der Waals surface area contributed by atoms with E-state index in [-0.39, 0.29) is 5.91 Å². The van der Waals surface area contributed by atoms with Crippen molar-refractivity contribution in [2.24, 2.45) is 0 Å². The van der Waals surface area contributed by atoms with Crippen molar-refractivity contribution in [1.82, 2.24) is 10.6 Å². The second-order valence-electron chi connectivity index (χ2n) is 4.60. The van der Waals surface area contributed by atoms with Gasteiger partial charge in [0, 0.05) is 19.0 Å². The minimum atomic E-state index is 0.169. The highest BCUT2D eigenvalue weighted by Gasteiger charge is 2.14. The Labute approximate surface area is 103 Å². The van der Waals surface area contributed by atoms with E-state index >= 15 is 0 Å². The lowest BCUT2D eigenvalue weighted by Gasteiger charge is -2.23. The molecule has 0 spiro atoms. The maximum Gasteiger partial charge on any atom is 0.220 e. The lowest BCUT2D eigenvalue weighted by atomic mass is 10.1. The highest BCUT2D eigenvalue weighted by atomic mass is 16.1. The second-order valence-corrected chi connectivity index (χ2v) is 4.60. The number of hydrogen-bond donors (Lipinski definition) is 2. The van der Waals surface area contributed by atoms with Crippen LogP contribution < -0.4 is 10.6 Å². The Hall–Kier alpha value is -1.35. The van der Waals surface area contributed by atoms with E-state index < -0.39 is 0 Å². The van der Waals surface area contributed by atoms with Crippen LogP contribution in [0.15, 0.2) is 30.3 Å². The molecule has 1 amide bonds. The fourth-order valence-corrected chi connectivity index (χ4v) is 2.18. The van der Waals surface area contributed by atoms with Gasteiger partial charge >= 0.3 is 0 Å². The van der Waals surface area contributed by atoms with E-state index in [0.717, 1.165) is 32.4 Å². The van der Waals surface area contributed by atoms with Gasteiger partial charge in [-0.05, 0) is 31.4 Å². The molecule has 3 heteroatoms. The lowest BCUT2D eigenvalue weighted by Crippen LogP contribution is -2.45. The zero-order valence-electron chi connectivity index (χ0n) is 10.1. The fraction of sp³-hybridized carbons (Fsp3) is 0.500. The monoisotopic (exact) mass is 232 g/mol. The number of piperidine rings is 1. The minimum absolute atomic E-state index is 0.169. The first-order valence-corrected chi connectivity index (χ1v) is 6.38. The zero-order valence-corrected chi connectivity index (χ0v) is 10.1. The summed E-state index contributed by atoms with van der Waals surface area (Å²) in [5, 5.41) is 6.39. The predicted octanol–water partition coefficient (Wildman–Crippen LogP) is 1.49. The van der Waals surface area contributed by atoms with Gasteiger partial charge in [0.05, 0.1) is 0 Å². The molecule has 0 aromatic heterocycles. The average molecular weight is 232 g/mol. The normalized spacial score (nSPS) is 19.9. The third kappa shape index (κ3) is 4.19. The molecule has 1 aromatic rings. The first kappa shape index (κ1) is 12.1. The Balaban J connectivity index is 1.70. The third-order valence-corrected chi connectivity index (χ3v) is 3.15. The Bertz CT molecular complexity index is 344. The molecule has 1 aliphatic rings. The van der Waals surface area contributed by atoms with Crippen molar-refractivity contribution >= 4 is 5.91 Å². The standard InChI is InChI=1S/C14H20N2O/c17-14(16-13-7-4-10-15-11-13)9-8-12-5-2-1-3-6-12/h1-3,5-6,13,15H,4,7-11H2,(H,16,17). The first-order valence-electron chi connectivity index (χ1n) is 6.38. The van der Waals surface area contributed by atoms with Crippen molar-refractivity contribution in [2.45, 2.75) is 31.7 Å². The van der Waals surface area contributed by atoms with Crippen LogP contribution in [0, 0.1) is 0 Å². The smallest absolute Gasteiger partial charge is 0.220 e. The molecule has 1 fully saturated rings. The number of aryl methyl sites for hydroxylation is 1. The molecule has 0 radical (unpaired) electrons. The SMILES string of the molecule is O=C(CCc1ccccc1)NC1CCCNC1. The number of benzene rings is 1. The number of nitrogens with one attached hydrogen (secondary N) is 2. The molecule has 0 saturated carbocycles. The van der Waals surface area contributed by atoms with Gasteiger partial charge in [-0.3, -0.25) is 4.79 Å². The Kier molecular flexibility index (Phi) is 4.56. The highest BCUT2D eigenvalue weighted by Crippen LogP contribution is 2.04. The molecule has 92 valence electrons. The number of carbonyl (C=O) groups is 1. The first-order chi connectivity index (χ1) is 8.34. The van der Waals surface area contributed by atoms with Gasteiger partial charge in [0.2, 0.25) is 5.91 Å². The molecule has 3 nitrogen and oxygen atoms in total. The van der Waals surface area contributed by atoms with Crippen LogP contribution in [0.4, 0.5) is 0 Å². The quantitative estimate of drug-likeness (QED) is 0.825. The van der Waals surface area contributed by atoms with Gasteiger partial charge in [0.25, 0.3) is 0 Å². The van der Waals surface area contributed by atoms with Crippen LogP contribution in [0.5, 0.6) is 0 Å². The molecular formula is C14H20N2O. The number of hydrogen-bond acceptors (Lipinski definition) is 2. The van der Waals surface area contributed by atoms with Crippen LogP contribution in [-0.4, -0.2) is 25.0 Å². The summed E-state index contributed by atoms with van der Waals surface area (Å²) < 4.78 is 0. The maximum absolute atomic E-state index is 11.7. The van der Waals surface area contributed by atoms with Crippen molar-refractivity contribution in [2.75, 3.05) is 13.1 Å². The zero-order chi connectivity index (χ0) is 11.9. The van der Waals surface area contributed by atoms with Gasteiger partial charge in [-0.15, -0.1) is 0 Å². The van der Waals surface area contributed by atoms with Gasteiger partial charge in [0.1, 0.15) is 0 Å². The molecule has 1 unspecified atom stereocenters. The van der Waals surface area contributed by atoms with Crippen LogP contribution in [-0.2, 0) is 11.2 Å². The molecule has 1 atom stereocenters. The largest absolute Gasteiger partial charge is 0.352 e. The predicted molar refractivity (Wildman–Crippen MR) is 68.8 cm³/mol. The van der Waals surface area contributed by atoms with E-state index in [1.807, 2.05) is 18.2 Å². The van der Waals surface area contributed by atoms with E-state index in [0.29, 0.717) is 12.5 Å². The van der Waals surface area contributed by atoms with Crippen molar-refractivity contribution in [3.8, 4) is 0 Å². The highest BCUT2D eigenvalue weighted by molar-refractivity contribution is 5.76. The van der Waals surface area contributed by atoms with E-state index in [4.69, 9.17) is 0 Å². The molecule has 2 rings (SSSR count). The molecule has 1 aliphatic heterocycles. The van der Waals surface area contributed by atoms with Crippen LogP contribution in [0.25, 0.3) is 0 Å².